The molecule has 2 aromatic rings. The van der Waals surface area contributed by atoms with Crippen LogP contribution < -0.4 is 0 Å². The van der Waals surface area contributed by atoms with Gasteiger partial charge in [-0.2, -0.15) is 0 Å². The summed E-state index contributed by atoms with van der Waals surface area (Å²) in [7, 11) is 0. The van der Waals surface area contributed by atoms with Crippen LogP contribution in [0.15, 0.2) is 29.3 Å². The van der Waals surface area contributed by atoms with E-state index in [1.165, 1.54) is 6.42 Å². The topological polar surface area (TPSA) is 55.1 Å². The minimum atomic E-state index is 0.363. The van der Waals surface area contributed by atoms with Crippen LogP contribution in [0.1, 0.15) is 38.4 Å². The third-order valence-corrected chi connectivity index (χ3v) is 3.60. The molecule has 1 saturated heterocycles. The van der Waals surface area contributed by atoms with Gasteiger partial charge in [-0.15, -0.1) is 0 Å². The lowest BCUT2D eigenvalue weighted by Crippen LogP contribution is -2.30. The van der Waals surface area contributed by atoms with Crippen LogP contribution in [0.2, 0.25) is 0 Å². The van der Waals surface area contributed by atoms with E-state index in [4.69, 9.17) is 4.42 Å². The molecule has 0 spiro atoms. The van der Waals surface area contributed by atoms with E-state index in [0.29, 0.717) is 23.7 Å². The molecule has 1 aliphatic rings. The smallest absolute Gasteiger partial charge is 0.246 e. The van der Waals surface area contributed by atoms with E-state index in [2.05, 4.69) is 33.7 Å². The van der Waals surface area contributed by atoms with Gasteiger partial charge < -0.3 is 4.42 Å². The van der Waals surface area contributed by atoms with Crippen LogP contribution in [-0.4, -0.2) is 32.4 Å². The van der Waals surface area contributed by atoms with Gasteiger partial charge in [0.2, 0.25) is 5.89 Å². The van der Waals surface area contributed by atoms with Crippen molar-refractivity contribution in [2.75, 3.05) is 6.54 Å². The third-order valence-electron chi connectivity index (χ3n) is 3.60. The fourth-order valence-corrected chi connectivity index (χ4v) is 2.72. The van der Waals surface area contributed by atoms with E-state index >= 15 is 0 Å². The van der Waals surface area contributed by atoms with Crippen molar-refractivity contribution in [3.8, 4) is 11.6 Å². The lowest BCUT2D eigenvalue weighted by Gasteiger charge is -2.27. The van der Waals surface area contributed by atoms with Crippen LogP contribution in [-0.2, 0) is 0 Å². The lowest BCUT2D eigenvalue weighted by atomic mass is 10.1. The Bertz CT molecular complexity index is 538. The Morgan fingerprint density at radius 2 is 2.26 bits per heavy atom. The Balaban J connectivity index is 1.91. The number of nitrogens with zero attached hydrogens (tertiary/aromatic N) is 4. The molecule has 2 aromatic heterocycles. The molecular weight excluding hydrogens is 240 g/mol. The van der Waals surface area contributed by atoms with Crippen LogP contribution in [0.5, 0.6) is 0 Å². The van der Waals surface area contributed by atoms with Crippen LogP contribution >= 0.6 is 0 Å². The normalized spacial score (nSPS) is 20.3. The van der Waals surface area contributed by atoms with Crippen LogP contribution in [0.25, 0.3) is 11.6 Å². The Labute approximate surface area is 112 Å². The minimum absolute atomic E-state index is 0.363. The first-order chi connectivity index (χ1) is 9.25. The molecule has 1 atom stereocenters. The van der Waals surface area contributed by atoms with Gasteiger partial charge in [0.1, 0.15) is 12.0 Å². The highest BCUT2D eigenvalue weighted by Crippen LogP contribution is 2.32. The average Bonchev–Trinajstić information content (AvgIpc) is 3.10. The molecule has 1 fully saturated rings. The first-order valence-electron chi connectivity index (χ1n) is 6.73. The largest absolute Gasteiger partial charge is 0.443 e. The van der Waals surface area contributed by atoms with Crippen LogP contribution in [0.4, 0.5) is 0 Å². The van der Waals surface area contributed by atoms with Crippen molar-refractivity contribution in [3.05, 3.63) is 30.5 Å². The third kappa shape index (κ3) is 2.38. The van der Waals surface area contributed by atoms with Crippen molar-refractivity contribution in [3.63, 3.8) is 0 Å². The molecule has 0 aromatic carbocycles. The quantitative estimate of drug-likeness (QED) is 0.847. The second-order valence-electron chi connectivity index (χ2n) is 5.16. The molecule has 5 heteroatoms. The molecule has 0 saturated carbocycles. The van der Waals surface area contributed by atoms with E-state index in [1.807, 2.05) is 6.20 Å². The van der Waals surface area contributed by atoms with Gasteiger partial charge in [0.15, 0.2) is 0 Å². The molecule has 100 valence electrons. The Morgan fingerprint density at radius 3 is 3.00 bits per heavy atom. The Hall–Kier alpha value is -1.75. The maximum atomic E-state index is 5.28. The first kappa shape index (κ1) is 12.3. The van der Waals surface area contributed by atoms with Gasteiger partial charge >= 0.3 is 0 Å². The van der Waals surface area contributed by atoms with E-state index in [1.54, 1.807) is 18.7 Å². The molecule has 5 nitrogen and oxygen atoms in total. The summed E-state index contributed by atoms with van der Waals surface area (Å²) in [6.07, 6.45) is 9.09. The second kappa shape index (κ2) is 5.09. The summed E-state index contributed by atoms with van der Waals surface area (Å²) in [6.45, 7) is 5.58. The summed E-state index contributed by atoms with van der Waals surface area (Å²) in [6, 6.07) is 0.891. The molecule has 0 unspecified atom stereocenters. The Kier molecular flexibility index (Phi) is 3.29. The molecular formula is C14H18N4O. The number of rotatable bonds is 3. The number of hydrogen-bond donors (Lipinski definition) is 0. The minimum Gasteiger partial charge on any atom is -0.443 e. The molecule has 0 amide bonds. The second-order valence-corrected chi connectivity index (χ2v) is 5.16. The van der Waals surface area contributed by atoms with Crippen molar-refractivity contribution in [1.82, 2.24) is 19.9 Å². The molecule has 3 heterocycles. The predicted molar refractivity (Wildman–Crippen MR) is 71.3 cm³/mol. The fourth-order valence-electron chi connectivity index (χ4n) is 2.72. The predicted octanol–water partition coefficient (Wildman–Crippen LogP) is 2.68. The summed E-state index contributed by atoms with van der Waals surface area (Å²) in [5.41, 5.74) is 1.72. The summed E-state index contributed by atoms with van der Waals surface area (Å²) >= 11 is 0. The molecule has 0 radical (unpaired) electrons. The maximum Gasteiger partial charge on any atom is 0.246 e. The van der Waals surface area contributed by atoms with E-state index < -0.39 is 0 Å². The van der Waals surface area contributed by atoms with Crippen molar-refractivity contribution in [2.24, 2.45) is 0 Å². The highest BCUT2D eigenvalue weighted by Gasteiger charge is 2.29. The average molecular weight is 258 g/mol. The summed E-state index contributed by atoms with van der Waals surface area (Å²) in [4.78, 5) is 15.6. The summed E-state index contributed by atoms with van der Waals surface area (Å²) < 4.78 is 5.28. The van der Waals surface area contributed by atoms with E-state index in [-0.39, 0.29) is 0 Å². The highest BCUT2D eigenvalue weighted by atomic mass is 16.3. The van der Waals surface area contributed by atoms with Gasteiger partial charge in [-0.05, 0) is 33.2 Å². The molecule has 0 aliphatic carbocycles. The van der Waals surface area contributed by atoms with Gasteiger partial charge in [0, 0.05) is 6.04 Å². The zero-order valence-electron chi connectivity index (χ0n) is 11.3. The van der Waals surface area contributed by atoms with Crippen LogP contribution in [0, 0.1) is 0 Å². The highest BCUT2D eigenvalue weighted by molar-refractivity contribution is 5.44. The van der Waals surface area contributed by atoms with Crippen molar-refractivity contribution < 1.29 is 4.42 Å². The molecule has 19 heavy (non-hydrogen) atoms. The number of hydrogen-bond acceptors (Lipinski definition) is 5. The van der Waals surface area contributed by atoms with Crippen molar-refractivity contribution in [1.29, 1.82) is 0 Å². The summed E-state index contributed by atoms with van der Waals surface area (Å²) in [5.74, 6) is 0.531. The maximum absolute atomic E-state index is 5.28. The van der Waals surface area contributed by atoms with Crippen molar-refractivity contribution >= 4 is 0 Å². The van der Waals surface area contributed by atoms with Gasteiger partial charge in [-0.25, -0.2) is 9.97 Å². The van der Waals surface area contributed by atoms with Gasteiger partial charge in [0.05, 0.1) is 30.3 Å². The number of oxazole rings is 1. The van der Waals surface area contributed by atoms with Gasteiger partial charge in [0.25, 0.3) is 0 Å². The molecule has 0 bridgehead atoms. The molecule has 1 aliphatic heterocycles. The standard InChI is InChI=1S/C14H18N4O/c1-10(2)18-6-3-4-13(18)11-8-15-9-12(17-11)14-16-5-7-19-14/h5,7-10,13H,3-4,6H2,1-2H3/t13-/m1/s1. The number of likely N-dealkylation sites (tertiary alicyclic amines) is 1. The van der Waals surface area contributed by atoms with Gasteiger partial charge in [-0.1, -0.05) is 0 Å². The Morgan fingerprint density at radius 1 is 1.37 bits per heavy atom. The van der Waals surface area contributed by atoms with Crippen LogP contribution in [0.3, 0.4) is 0 Å². The monoisotopic (exact) mass is 258 g/mol. The van der Waals surface area contributed by atoms with E-state index in [9.17, 15) is 0 Å². The SMILES string of the molecule is CC(C)N1CCC[C@@H]1c1cncc(-c2ncco2)n1. The molecule has 3 rings (SSSR count). The molecule has 0 N–H and O–H groups in total. The van der Waals surface area contributed by atoms with Crippen molar-refractivity contribution in [2.45, 2.75) is 38.8 Å². The van der Waals surface area contributed by atoms with E-state index in [0.717, 1.165) is 18.7 Å². The fraction of sp³-hybridized carbons (Fsp3) is 0.500. The zero-order chi connectivity index (χ0) is 13.2. The van der Waals surface area contributed by atoms with Gasteiger partial charge in [-0.3, -0.25) is 9.88 Å². The summed E-state index contributed by atoms with van der Waals surface area (Å²) in [5, 5.41) is 0. The first-order valence-corrected chi connectivity index (χ1v) is 6.73. The lowest BCUT2D eigenvalue weighted by molar-refractivity contribution is 0.202. The zero-order valence-corrected chi connectivity index (χ0v) is 11.3. The number of aromatic nitrogens is 3.